The van der Waals surface area contributed by atoms with Crippen molar-refractivity contribution in [1.82, 2.24) is 24.5 Å². The minimum Gasteiger partial charge on any atom is -0.494 e. The summed E-state index contributed by atoms with van der Waals surface area (Å²) < 4.78 is 33.1. The van der Waals surface area contributed by atoms with Gasteiger partial charge >= 0.3 is 0 Å². The Hall–Kier alpha value is -2.91. The molecule has 0 aliphatic carbocycles. The van der Waals surface area contributed by atoms with E-state index in [-0.39, 0.29) is 10.8 Å². The van der Waals surface area contributed by atoms with Crippen molar-refractivity contribution in [3.05, 3.63) is 47.9 Å². The lowest BCUT2D eigenvalue weighted by Gasteiger charge is -2.37. The van der Waals surface area contributed by atoms with Gasteiger partial charge in [-0.1, -0.05) is 6.07 Å². The molecule has 2 aromatic heterocycles. The third kappa shape index (κ3) is 2.50. The van der Waals surface area contributed by atoms with Gasteiger partial charge in [0.25, 0.3) is 0 Å². The van der Waals surface area contributed by atoms with Crippen LogP contribution in [-0.4, -0.2) is 53.1 Å². The Bertz CT molecular complexity index is 1300. The first kappa shape index (κ1) is 17.2. The van der Waals surface area contributed by atoms with Gasteiger partial charge in [0.2, 0.25) is 10.0 Å². The number of aromatic amines is 2. The molecule has 0 bridgehead atoms. The van der Waals surface area contributed by atoms with Crippen LogP contribution in [0.2, 0.25) is 0 Å². The van der Waals surface area contributed by atoms with Gasteiger partial charge in [0, 0.05) is 24.4 Å². The molecule has 0 saturated carbocycles. The van der Waals surface area contributed by atoms with Crippen molar-refractivity contribution in [2.45, 2.75) is 17.7 Å². The van der Waals surface area contributed by atoms with E-state index in [4.69, 9.17) is 4.74 Å². The SMILES string of the molecule is COc1cccc2[nH]c(C3CN(S(=O)(=O)c4cc(C)cc5cn[nH]c45)C3)nc12. The standard InChI is InChI=1S/C19H19N5O3S/c1-11-6-12-8-20-23-17(12)16(7-11)28(25,26)24-9-13(10-24)19-21-14-4-3-5-15(27-2)18(14)22-19/h3-8,13H,9-10H2,1-2H3,(H,20,23)(H,21,22). The normalized spacial score (nSPS) is 15.9. The largest absolute Gasteiger partial charge is 0.494 e. The number of sulfonamides is 1. The van der Waals surface area contributed by atoms with Gasteiger partial charge in [0.05, 0.1) is 24.3 Å². The Morgan fingerprint density at radius 3 is 2.86 bits per heavy atom. The Balaban J connectivity index is 1.44. The maximum atomic E-state index is 13.2. The predicted octanol–water partition coefficient (Wildman–Crippen LogP) is 2.54. The van der Waals surface area contributed by atoms with Crippen LogP contribution in [0.1, 0.15) is 17.3 Å². The zero-order valence-electron chi connectivity index (χ0n) is 15.4. The molecule has 28 heavy (non-hydrogen) atoms. The van der Waals surface area contributed by atoms with E-state index in [0.29, 0.717) is 24.4 Å². The van der Waals surface area contributed by atoms with Crippen LogP contribution in [0.25, 0.3) is 21.9 Å². The van der Waals surface area contributed by atoms with Crippen LogP contribution < -0.4 is 4.74 Å². The number of aryl methyl sites for hydroxylation is 1. The zero-order valence-corrected chi connectivity index (χ0v) is 16.2. The molecule has 0 atom stereocenters. The topological polar surface area (TPSA) is 104 Å². The molecule has 4 aromatic rings. The molecule has 9 heteroatoms. The van der Waals surface area contributed by atoms with Crippen LogP contribution in [-0.2, 0) is 10.0 Å². The summed E-state index contributed by atoms with van der Waals surface area (Å²) in [5, 5.41) is 7.59. The quantitative estimate of drug-likeness (QED) is 0.551. The molecule has 1 aliphatic rings. The molecule has 0 amide bonds. The highest BCUT2D eigenvalue weighted by Crippen LogP contribution is 2.35. The molecular formula is C19H19N5O3S. The number of para-hydroxylation sites is 1. The summed E-state index contributed by atoms with van der Waals surface area (Å²) in [7, 11) is -2.00. The monoisotopic (exact) mass is 397 g/mol. The van der Waals surface area contributed by atoms with Crippen LogP contribution in [0.4, 0.5) is 0 Å². The molecule has 2 N–H and O–H groups in total. The average Bonchev–Trinajstić information content (AvgIpc) is 3.25. The number of imidazole rings is 1. The van der Waals surface area contributed by atoms with Gasteiger partial charge in [-0.15, -0.1) is 0 Å². The van der Waals surface area contributed by atoms with Crippen molar-refractivity contribution in [1.29, 1.82) is 0 Å². The fourth-order valence-electron chi connectivity index (χ4n) is 3.70. The van der Waals surface area contributed by atoms with E-state index in [1.54, 1.807) is 19.4 Å². The van der Waals surface area contributed by atoms with Crippen LogP contribution in [0.5, 0.6) is 5.75 Å². The highest BCUT2D eigenvalue weighted by molar-refractivity contribution is 7.89. The second-order valence-corrected chi connectivity index (χ2v) is 9.00. The van der Waals surface area contributed by atoms with Gasteiger partial charge in [-0.05, 0) is 36.8 Å². The minimum atomic E-state index is -3.61. The lowest BCUT2D eigenvalue weighted by molar-refractivity contribution is 0.257. The Morgan fingerprint density at radius 2 is 2.07 bits per heavy atom. The molecule has 3 heterocycles. The lowest BCUT2D eigenvalue weighted by Crippen LogP contribution is -2.48. The van der Waals surface area contributed by atoms with Crippen LogP contribution in [0, 0.1) is 6.92 Å². The molecule has 1 aliphatic heterocycles. The number of aromatic nitrogens is 4. The average molecular weight is 397 g/mol. The molecule has 1 fully saturated rings. The van der Waals surface area contributed by atoms with Gasteiger partial charge in [-0.25, -0.2) is 13.4 Å². The summed E-state index contributed by atoms with van der Waals surface area (Å²) in [5.74, 6) is 1.50. The van der Waals surface area contributed by atoms with Crippen LogP contribution in [0.3, 0.4) is 0 Å². The van der Waals surface area contributed by atoms with Gasteiger partial charge in [0.1, 0.15) is 22.0 Å². The number of nitrogens with one attached hydrogen (secondary N) is 2. The van der Waals surface area contributed by atoms with E-state index >= 15 is 0 Å². The molecule has 0 radical (unpaired) electrons. The van der Waals surface area contributed by atoms with Crippen molar-refractivity contribution in [2.24, 2.45) is 0 Å². The number of ether oxygens (including phenoxy) is 1. The smallest absolute Gasteiger partial charge is 0.245 e. The van der Waals surface area contributed by atoms with E-state index < -0.39 is 10.0 Å². The minimum absolute atomic E-state index is 0.0222. The molecule has 8 nitrogen and oxygen atoms in total. The van der Waals surface area contributed by atoms with Gasteiger partial charge in [-0.2, -0.15) is 9.40 Å². The first-order valence-electron chi connectivity index (χ1n) is 8.94. The number of H-pyrrole nitrogens is 2. The number of benzene rings is 2. The number of methoxy groups -OCH3 is 1. The first-order valence-corrected chi connectivity index (χ1v) is 10.4. The van der Waals surface area contributed by atoms with E-state index in [9.17, 15) is 8.42 Å². The molecular weight excluding hydrogens is 378 g/mol. The Kier molecular flexibility index (Phi) is 3.72. The van der Waals surface area contributed by atoms with E-state index in [1.165, 1.54) is 4.31 Å². The van der Waals surface area contributed by atoms with Gasteiger partial charge in [0.15, 0.2) is 0 Å². The Morgan fingerprint density at radius 1 is 1.25 bits per heavy atom. The first-order chi connectivity index (χ1) is 13.5. The highest BCUT2D eigenvalue weighted by Gasteiger charge is 2.40. The van der Waals surface area contributed by atoms with Crippen molar-refractivity contribution in [3.63, 3.8) is 0 Å². The molecule has 0 spiro atoms. The van der Waals surface area contributed by atoms with Crippen molar-refractivity contribution >= 4 is 32.0 Å². The summed E-state index contributed by atoms with van der Waals surface area (Å²) in [6.07, 6.45) is 1.64. The molecule has 2 aromatic carbocycles. The maximum Gasteiger partial charge on any atom is 0.245 e. The second-order valence-electron chi connectivity index (χ2n) is 7.09. The molecule has 1 saturated heterocycles. The van der Waals surface area contributed by atoms with E-state index in [1.807, 2.05) is 31.2 Å². The van der Waals surface area contributed by atoms with Crippen LogP contribution >= 0.6 is 0 Å². The summed E-state index contributed by atoms with van der Waals surface area (Å²) >= 11 is 0. The Labute approximate surface area is 161 Å². The van der Waals surface area contributed by atoms with Crippen LogP contribution in [0.15, 0.2) is 41.4 Å². The summed E-state index contributed by atoms with van der Waals surface area (Å²) in [4.78, 5) is 8.19. The number of nitrogens with zero attached hydrogens (tertiary/aromatic N) is 3. The van der Waals surface area contributed by atoms with Crippen molar-refractivity contribution in [3.8, 4) is 5.75 Å². The second kappa shape index (κ2) is 6.05. The predicted molar refractivity (Wildman–Crippen MR) is 105 cm³/mol. The summed E-state index contributed by atoms with van der Waals surface area (Å²) in [6, 6.07) is 9.29. The van der Waals surface area contributed by atoms with Gasteiger partial charge in [-0.3, -0.25) is 5.10 Å². The summed E-state index contributed by atoms with van der Waals surface area (Å²) in [6.45, 7) is 2.65. The molecule has 0 unspecified atom stereocenters. The third-order valence-electron chi connectivity index (χ3n) is 5.22. The number of hydrogen-bond donors (Lipinski definition) is 2. The third-order valence-corrected chi connectivity index (χ3v) is 7.08. The number of rotatable bonds is 4. The highest BCUT2D eigenvalue weighted by atomic mass is 32.2. The zero-order chi connectivity index (χ0) is 19.5. The van der Waals surface area contributed by atoms with Gasteiger partial charge < -0.3 is 9.72 Å². The van der Waals surface area contributed by atoms with E-state index in [2.05, 4.69) is 20.2 Å². The van der Waals surface area contributed by atoms with Crippen molar-refractivity contribution < 1.29 is 13.2 Å². The fourth-order valence-corrected chi connectivity index (χ4v) is 5.49. The van der Waals surface area contributed by atoms with E-state index in [0.717, 1.165) is 27.8 Å². The molecule has 5 rings (SSSR count). The van der Waals surface area contributed by atoms with Crippen molar-refractivity contribution in [2.75, 3.05) is 20.2 Å². The number of hydrogen-bond acceptors (Lipinski definition) is 5. The summed E-state index contributed by atoms with van der Waals surface area (Å²) in [5.41, 5.74) is 3.07. The molecule has 144 valence electrons. The number of fused-ring (bicyclic) bond motifs is 2. The lowest BCUT2D eigenvalue weighted by atomic mass is 10.0. The maximum absolute atomic E-state index is 13.2. The fraction of sp³-hybridized carbons (Fsp3) is 0.263.